The van der Waals surface area contributed by atoms with Crippen molar-refractivity contribution in [1.82, 2.24) is 20.4 Å². The van der Waals surface area contributed by atoms with Crippen molar-refractivity contribution in [1.29, 1.82) is 0 Å². The maximum absolute atomic E-state index is 12.5. The molecule has 21 heavy (non-hydrogen) atoms. The number of hydrogen-bond donors (Lipinski definition) is 1. The summed E-state index contributed by atoms with van der Waals surface area (Å²) >= 11 is 0. The number of amides is 1. The van der Waals surface area contributed by atoms with Crippen LogP contribution in [0.1, 0.15) is 29.9 Å². The summed E-state index contributed by atoms with van der Waals surface area (Å²) in [6.07, 6.45) is 2.33. The van der Waals surface area contributed by atoms with E-state index in [4.69, 9.17) is 4.52 Å². The van der Waals surface area contributed by atoms with Gasteiger partial charge in [0.25, 0.3) is 11.6 Å². The van der Waals surface area contributed by atoms with Gasteiger partial charge in [0.2, 0.25) is 0 Å². The summed E-state index contributed by atoms with van der Waals surface area (Å²) in [7, 11) is 0. The molecule has 3 rings (SSSR count). The monoisotopic (exact) mass is 310 g/mol. The lowest BCUT2D eigenvalue weighted by atomic mass is 10.1. The second-order valence-electron chi connectivity index (χ2n) is 5.17. The standard InChI is InChI=1S/C14H18N4O2.ClH/c1-3-12-11-6-10(7-16-13(11)20-17-12)14(19)18-5-4-15-9(2)8-18;/h6-7,9,15H,3-5,8H2,1-2H3;1H. The summed E-state index contributed by atoms with van der Waals surface area (Å²) < 4.78 is 5.14. The lowest BCUT2D eigenvalue weighted by Gasteiger charge is -2.31. The van der Waals surface area contributed by atoms with Crippen LogP contribution in [0.3, 0.4) is 0 Å². The highest BCUT2D eigenvalue weighted by Crippen LogP contribution is 2.19. The van der Waals surface area contributed by atoms with Crippen LogP contribution in [0.5, 0.6) is 0 Å². The van der Waals surface area contributed by atoms with Gasteiger partial charge in [0.15, 0.2) is 0 Å². The van der Waals surface area contributed by atoms with Gasteiger partial charge in [-0.2, -0.15) is 0 Å². The Morgan fingerprint density at radius 3 is 3.10 bits per heavy atom. The predicted molar refractivity (Wildman–Crippen MR) is 81.8 cm³/mol. The summed E-state index contributed by atoms with van der Waals surface area (Å²) in [6.45, 7) is 6.36. The molecule has 2 aromatic rings. The number of pyridine rings is 1. The van der Waals surface area contributed by atoms with E-state index in [1.165, 1.54) is 0 Å². The molecule has 3 heterocycles. The molecule has 7 heteroatoms. The van der Waals surface area contributed by atoms with Crippen molar-refractivity contribution in [3.8, 4) is 0 Å². The van der Waals surface area contributed by atoms with E-state index >= 15 is 0 Å². The summed E-state index contributed by atoms with van der Waals surface area (Å²) in [6, 6.07) is 2.17. The van der Waals surface area contributed by atoms with E-state index in [-0.39, 0.29) is 18.3 Å². The molecule has 0 bridgehead atoms. The average molecular weight is 311 g/mol. The minimum absolute atomic E-state index is 0. The number of halogens is 1. The summed E-state index contributed by atoms with van der Waals surface area (Å²) in [5.74, 6) is 0.0241. The average Bonchev–Trinajstić information content (AvgIpc) is 2.88. The molecular weight excluding hydrogens is 292 g/mol. The molecule has 0 aliphatic carbocycles. The molecule has 1 amide bonds. The SMILES string of the molecule is CCc1noc2ncc(C(=O)N3CCNC(C)C3)cc12.Cl. The molecule has 0 spiro atoms. The summed E-state index contributed by atoms with van der Waals surface area (Å²) in [5, 5.41) is 8.13. The first-order chi connectivity index (χ1) is 9.69. The van der Waals surface area contributed by atoms with E-state index < -0.39 is 0 Å². The molecule has 6 nitrogen and oxygen atoms in total. The van der Waals surface area contributed by atoms with E-state index in [1.54, 1.807) is 6.20 Å². The highest BCUT2D eigenvalue weighted by Gasteiger charge is 2.22. The largest absolute Gasteiger partial charge is 0.336 e. The van der Waals surface area contributed by atoms with Crippen LogP contribution in [-0.2, 0) is 6.42 Å². The van der Waals surface area contributed by atoms with Crippen LogP contribution in [0.4, 0.5) is 0 Å². The maximum Gasteiger partial charge on any atom is 0.257 e. The third-order valence-electron chi connectivity index (χ3n) is 3.64. The second-order valence-corrected chi connectivity index (χ2v) is 5.17. The number of nitrogens with zero attached hydrogens (tertiary/aromatic N) is 3. The Morgan fingerprint density at radius 1 is 1.57 bits per heavy atom. The molecule has 1 aliphatic rings. The predicted octanol–water partition coefficient (Wildman–Crippen LogP) is 1.64. The Hall–Kier alpha value is -1.66. The van der Waals surface area contributed by atoms with Crippen LogP contribution in [0, 0.1) is 0 Å². The number of hydrogen-bond acceptors (Lipinski definition) is 5. The van der Waals surface area contributed by atoms with Gasteiger partial charge < -0.3 is 14.7 Å². The van der Waals surface area contributed by atoms with Crippen molar-refractivity contribution in [2.45, 2.75) is 26.3 Å². The third-order valence-corrected chi connectivity index (χ3v) is 3.64. The minimum atomic E-state index is 0. The van der Waals surface area contributed by atoms with Gasteiger partial charge in [-0.25, -0.2) is 4.98 Å². The van der Waals surface area contributed by atoms with E-state index in [0.717, 1.165) is 37.1 Å². The Balaban J connectivity index is 0.00000161. The van der Waals surface area contributed by atoms with Crippen molar-refractivity contribution >= 4 is 29.4 Å². The van der Waals surface area contributed by atoms with Gasteiger partial charge in [0, 0.05) is 31.9 Å². The lowest BCUT2D eigenvalue weighted by Crippen LogP contribution is -2.51. The number of piperazine rings is 1. The number of carbonyl (C=O) groups excluding carboxylic acids is 1. The van der Waals surface area contributed by atoms with Gasteiger partial charge in [-0.15, -0.1) is 12.4 Å². The fourth-order valence-corrected chi connectivity index (χ4v) is 2.55. The fourth-order valence-electron chi connectivity index (χ4n) is 2.55. The zero-order valence-electron chi connectivity index (χ0n) is 12.1. The topological polar surface area (TPSA) is 71.3 Å². The highest BCUT2D eigenvalue weighted by molar-refractivity contribution is 5.97. The van der Waals surface area contributed by atoms with Crippen molar-refractivity contribution < 1.29 is 9.32 Å². The van der Waals surface area contributed by atoms with Crippen LogP contribution in [-0.4, -0.2) is 46.6 Å². The van der Waals surface area contributed by atoms with Crippen LogP contribution in [0.25, 0.3) is 11.1 Å². The summed E-state index contributed by atoms with van der Waals surface area (Å²) in [4.78, 5) is 18.6. The van der Waals surface area contributed by atoms with Gasteiger partial charge in [-0.3, -0.25) is 4.79 Å². The smallest absolute Gasteiger partial charge is 0.257 e. The normalized spacial score (nSPS) is 18.6. The quantitative estimate of drug-likeness (QED) is 0.913. The molecule has 0 saturated carbocycles. The number of nitrogens with one attached hydrogen (secondary N) is 1. The minimum Gasteiger partial charge on any atom is -0.336 e. The Bertz CT molecular complexity index is 643. The van der Waals surface area contributed by atoms with E-state index in [2.05, 4.69) is 22.4 Å². The first-order valence-electron chi connectivity index (χ1n) is 6.96. The van der Waals surface area contributed by atoms with Crippen molar-refractivity contribution in [3.63, 3.8) is 0 Å². The zero-order chi connectivity index (χ0) is 14.1. The Kier molecular flexibility index (Phi) is 4.80. The second kappa shape index (κ2) is 6.41. The van der Waals surface area contributed by atoms with Crippen molar-refractivity contribution in [2.75, 3.05) is 19.6 Å². The molecule has 0 aromatic carbocycles. The van der Waals surface area contributed by atoms with Gasteiger partial charge in [-0.1, -0.05) is 12.1 Å². The maximum atomic E-state index is 12.5. The molecule has 1 aliphatic heterocycles. The van der Waals surface area contributed by atoms with Crippen LogP contribution in [0.2, 0.25) is 0 Å². The molecule has 1 saturated heterocycles. The van der Waals surface area contributed by atoms with Gasteiger partial charge in [0.05, 0.1) is 16.6 Å². The molecule has 114 valence electrons. The fraction of sp³-hybridized carbons (Fsp3) is 0.500. The first kappa shape index (κ1) is 15.7. The zero-order valence-corrected chi connectivity index (χ0v) is 12.9. The van der Waals surface area contributed by atoms with Crippen molar-refractivity contribution in [2.24, 2.45) is 0 Å². The molecule has 0 radical (unpaired) electrons. The Morgan fingerprint density at radius 2 is 2.38 bits per heavy atom. The molecular formula is C14H19ClN4O2. The van der Waals surface area contributed by atoms with Gasteiger partial charge in [0.1, 0.15) is 0 Å². The van der Waals surface area contributed by atoms with E-state index in [9.17, 15) is 4.79 Å². The molecule has 1 unspecified atom stereocenters. The number of carbonyl (C=O) groups is 1. The number of fused-ring (bicyclic) bond motifs is 1. The van der Waals surface area contributed by atoms with Gasteiger partial charge >= 0.3 is 0 Å². The van der Waals surface area contributed by atoms with Crippen LogP contribution >= 0.6 is 12.4 Å². The van der Waals surface area contributed by atoms with Crippen molar-refractivity contribution in [3.05, 3.63) is 23.5 Å². The molecule has 1 N–H and O–H groups in total. The molecule has 2 aromatic heterocycles. The summed E-state index contributed by atoms with van der Waals surface area (Å²) in [5.41, 5.74) is 1.94. The molecule has 1 atom stereocenters. The number of aryl methyl sites for hydroxylation is 1. The van der Waals surface area contributed by atoms with Crippen LogP contribution < -0.4 is 5.32 Å². The highest BCUT2D eigenvalue weighted by atomic mass is 35.5. The molecule has 1 fully saturated rings. The Labute approximate surface area is 129 Å². The number of aromatic nitrogens is 2. The first-order valence-corrected chi connectivity index (χ1v) is 6.96. The lowest BCUT2D eigenvalue weighted by molar-refractivity contribution is 0.0709. The van der Waals surface area contributed by atoms with Crippen LogP contribution in [0.15, 0.2) is 16.8 Å². The third kappa shape index (κ3) is 3.01. The van der Waals surface area contributed by atoms with E-state index in [0.29, 0.717) is 17.3 Å². The number of rotatable bonds is 2. The van der Waals surface area contributed by atoms with E-state index in [1.807, 2.05) is 17.9 Å². The van der Waals surface area contributed by atoms with Gasteiger partial charge in [-0.05, 0) is 19.4 Å².